The Hall–Kier alpha value is -2.52. The van der Waals surface area contributed by atoms with Gasteiger partial charge >= 0.3 is 0 Å². The minimum atomic E-state index is -3.43. The van der Waals surface area contributed by atoms with E-state index in [-0.39, 0.29) is 18.2 Å². The van der Waals surface area contributed by atoms with E-state index in [4.69, 9.17) is 11.6 Å². The molecule has 0 radical (unpaired) electrons. The zero-order chi connectivity index (χ0) is 20.9. The Morgan fingerprint density at radius 1 is 1.21 bits per heavy atom. The highest BCUT2D eigenvalue weighted by atomic mass is 35.5. The largest absolute Gasteiger partial charge is 0.321 e. The highest BCUT2D eigenvalue weighted by Gasteiger charge is 2.13. The van der Waals surface area contributed by atoms with Crippen molar-refractivity contribution >= 4 is 44.6 Å². The third-order valence-corrected chi connectivity index (χ3v) is 6.27. The van der Waals surface area contributed by atoms with Crippen molar-refractivity contribution in [1.82, 2.24) is 9.71 Å². The van der Waals surface area contributed by atoms with Crippen LogP contribution in [0.25, 0.3) is 10.6 Å². The Kier molecular flexibility index (Phi) is 6.81. The molecule has 0 fully saturated rings. The fourth-order valence-corrected chi connectivity index (χ4v) is 4.56. The van der Waals surface area contributed by atoms with Gasteiger partial charge in [0.05, 0.1) is 5.75 Å². The zero-order valence-electron chi connectivity index (χ0n) is 15.3. The number of hydrogen-bond donors (Lipinski definition) is 2. The van der Waals surface area contributed by atoms with Crippen molar-refractivity contribution in [2.45, 2.75) is 5.75 Å². The van der Waals surface area contributed by atoms with Gasteiger partial charge in [0, 0.05) is 28.2 Å². The summed E-state index contributed by atoms with van der Waals surface area (Å²) in [5.41, 5.74) is 2.30. The zero-order valence-corrected chi connectivity index (χ0v) is 17.7. The molecule has 2 aromatic carbocycles. The number of nitrogens with zero attached hydrogens (tertiary/aromatic N) is 1. The summed E-state index contributed by atoms with van der Waals surface area (Å²) in [5, 5.41) is 5.74. The number of amides is 1. The summed E-state index contributed by atoms with van der Waals surface area (Å²) in [6.07, 6.45) is 1.48. The van der Waals surface area contributed by atoms with E-state index in [9.17, 15) is 13.2 Å². The average Bonchev–Trinajstić information content (AvgIpc) is 3.18. The number of anilines is 1. The summed E-state index contributed by atoms with van der Waals surface area (Å²) in [6.45, 7) is 3.66. The number of thiazole rings is 1. The van der Waals surface area contributed by atoms with Crippen molar-refractivity contribution in [3.05, 3.63) is 82.8 Å². The first-order valence-electron chi connectivity index (χ1n) is 8.56. The Bertz CT molecular complexity index is 1130. The molecule has 0 saturated carbocycles. The third kappa shape index (κ3) is 5.98. The minimum absolute atomic E-state index is 0.149. The van der Waals surface area contributed by atoms with Gasteiger partial charge in [-0.1, -0.05) is 41.9 Å². The third-order valence-electron chi connectivity index (χ3n) is 3.82. The molecule has 0 saturated heterocycles. The quantitative estimate of drug-likeness (QED) is 0.503. The lowest BCUT2D eigenvalue weighted by molar-refractivity contribution is 0.102. The number of nitrogens with one attached hydrogen (secondary N) is 2. The molecule has 0 aliphatic rings. The SMILES string of the molecule is C=CCNS(=O)(=O)Cc1ccc(NC(=O)c2csc(-c3cccc(Cl)c3)n2)cc1. The van der Waals surface area contributed by atoms with Crippen LogP contribution in [0.3, 0.4) is 0 Å². The molecule has 150 valence electrons. The lowest BCUT2D eigenvalue weighted by atomic mass is 10.2. The van der Waals surface area contributed by atoms with Crippen LogP contribution in [0.4, 0.5) is 5.69 Å². The van der Waals surface area contributed by atoms with E-state index in [0.717, 1.165) is 5.56 Å². The monoisotopic (exact) mass is 447 g/mol. The van der Waals surface area contributed by atoms with Crippen molar-refractivity contribution in [2.24, 2.45) is 0 Å². The average molecular weight is 448 g/mol. The van der Waals surface area contributed by atoms with Crippen LogP contribution >= 0.6 is 22.9 Å². The molecule has 6 nitrogen and oxygen atoms in total. The molecule has 0 aliphatic heterocycles. The molecule has 3 aromatic rings. The normalized spacial score (nSPS) is 11.2. The molecular weight excluding hydrogens is 430 g/mol. The van der Waals surface area contributed by atoms with Gasteiger partial charge in [0.15, 0.2) is 0 Å². The van der Waals surface area contributed by atoms with Crippen LogP contribution in [0.5, 0.6) is 0 Å². The molecule has 0 aliphatic carbocycles. The molecule has 0 spiro atoms. The molecule has 1 heterocycles. The summed E-state index contributed by atoms with van der Waals surface area (Å²) in [6, 6.07) is 13.9. The molecule has 9 heteroatoms. The van der Waals surface area contributed by atoms with Crippen LogP contribution in [-0.2, 0) is 15.8 Å². The van der Waals surface area contributed by atoms with E-state index in [1.165, 1.54) is 17.4 Å². The molecular formula is C20H18ClN3O3S2. The number of aromatic nitrogens is 1. The number of benzene rings is 2. The minimum Gasteiger partial charge on any atom is -0.321 e. The maximum Gasteiger partial charge on any atom is 0.275 e. The fraction of sp³-hybridized carbons (Fsp3) is 0.100. The first-order valence-corrected chi connectivity index (χ1v) is 11.5. The van der Waals surface area contributed by atoms with Crippen LogP contribution in [0.2, 0.25) is 5.02 Å². The topological polar surface area (TPSA) is 88.2 Å². The van der Waals surface area contributed by atoms with Crippen LogP contribution in [0.1, 0.15) is 16.1 Å². The Morgan fingerprint density at radius 2 is 1.97 bits per heavy atom. The van der Waals surface area contributed by atoms with Crippen molar-refractivity contribution in [3.63, 3.8) is 0 Å². The highest BCUT2D eigenvalue weighted by Crippen LogP contribution is 2.26. The number of carbonyl (C=O) groups is 1. The Labute approximate surface area is 178 Å². The standard InChI is InChI=1S/C20H18ClN3O3S2/c1-2-10-22-29(26,27)13-14-6-8-17(9-7-14)23-19(25)18-12-28-20(24-18)15-4-3-5-16(21)11-15/h2-9,11-12,22H,1,10,13H2,(H,23,25). The van der Waals surface area contributed by atoms with Crippen LogP contribution in [0.15, 0.2) is 66.6 Å². The molecule has 0 atom stereocenters. The molecule has 3 rings (SSSR count). The van der Waals surface area contributed by atoms with Gasteiger partial charge in [0.2, 0.25) is 10.0 Å². The predicted octanol–water partition coefficient (Wildman–Crippen LogP) is 4.32. The lowest BCUT2D eigenvalue weighted by Gasteiger charge is -2.07. The maximum atomic E-state index is 12.4. The number of halogens is 1. The van der Waals surface area contributed by atoms with Crippen molar-refractivity contribution in [2.75, 3.05) is 11.9 Å². The highest BCUT2D eigenvalue weighted by molar-refractivity contribution is 7.88. The van der Waals surface area contributed by atoms with E-state index in [1.54, 1.807) is 41.8 Å². The van der Waals surface area contributed by atoms with Crippen LogP contribution in [-0.4, -0.2) is 25.9 Å². The summed E-state index contributed by atoms with van der Waals surface area (Å²) in [5.74, 6) is -0.494. The van der Waals surface area contributed by atoms with Gasteiger partial charge in [0.25, 0.3) is 5.91 Å². The first kappa shape index (κ1) is 21.2. The second kappa shape index (κ2) is 9.32. The smallest absolute Gasteiger partial charge is 0.275 e. The molecule has 1 amide bonds. The first-order chi connectivity index (χ1) is 13.9. The summed E-state index contributed by atoms with van der Waals surface area (Å²) in [4.78, 5) is 16.8. The molecule has 29 heavy (non-hydrogen) atoms. The van der Waals surface area contributed by atoms with Gasteiger partial charge in [0.1, 0.15) is 10.7 Å². The van der Waals surface area contributed by atoms with Gasteiger partial charge in [-0.05, 0) is 29.8 Å². The van der Waals surface area contributed by atoms with Gasteiger partial charge in [-0.25, -0.2) is 18.1 Å². The summed E-state index contributed by atoms with van der Waals surface area (Å²) in [7, 11) is -3.43. The van der Waals surface area contributed by atoms with Crippen LogP contribution in [0, 0.1) is 0 Å². The van der Waals surface area contributed by atoms with E-state index >= 15 is 0 Å². The molecule has 1 aromatic heterocycles. The Balaban J connectivity index is 1.65. The van der Waals surface area contributed by atoms with Crippen molar-refractivity contribution in [3.8, 4) is 10.6 Å². The fourth-order valence-electron chi connectivity index (χ4n) is 2.47. The Morgan fingerprint density at radius 3 is 2.66 bits per heavy atom. The van der Waals surface area contributed by atoms with Crippen molar-refractivity contribution < 1.29 is 13.2 Å². The van der Waals surface area contributed by atoms with Gasteiger partial charge in [-0.2, -0.15) is 0 Å². The van der Waals surface area contributed by atoms with Gasteiger partial charge < -0.3 is 5.32 Å². The van der Waals surface area contributed by atoms with E-state index in [2.05, 4.69) is 21.6 Å². The molecule has 2 N–H and O–H groups in total. The van der Waals surface area contributed by atoms with Gasteiger partial charge in [-0.3, -0.25) is 4.79 Å². The maximum absolute atomic E-state index is 12.4. The second-order valence-electron chi connectivity index (χ2n) is 6.10. The number of carbonyl (C=O) groups excluding carboxylic acids is 1. The number of hydrogen-bond acceptors (Lipinski definition) is 5. The predicted molar refractivity (Wildman–Crippen MR) is 118 cm³/mol. The molecule has 0 unspecified atom stereocenters. The molecule has 0 bridgehead atoms. The summed E-state index contributed by atoms with van der Waals surface area (Å²) < 4.78 is 26.2. The van der Waals surface area contributed by atoms with E-state index < -0.39 is 10.0 Å². The second-order valence-corrected chi connectivity index (χ2v) is 9.20. The number of sulfonamides is 1. The van der Waals surface area contributed by atoms with Crippen LogP contribution < -0.4 is 10.0 Å². The van der Waals surface area contributed by atoms with E-state index in [1.807, 2.05) is 12.1 Å². The van der Waals surface area contributed by atoms with E-state index in [0.29, 0.717) is 27.0 Å². The van der Waals surface area contributed by atoms with Gasteiger partial charge in [-0.15, -0.1) is 17.9 Å². The van der Waals surface area contributed by atoms with Crippen molar-refractivity contribution in [1.29, 1.82) is 0 Å². The number of rotatable bonds is 8. The summed E-state index contributed by atoms with van der Waals surface area (Å²) >= 11 is 7.36. The lowest BCUT2D eigenvalue weighted by Crippen LogP contribution is -2.25.